The standard InChI is InChI=1S/C23H25N3O3S3/c1-15(2)17-6-4-16(5-7-17)13-30-22-25-26-23(32-22)31-14-21(27)24-18-8-9-19-20(12-18)29-11-3-10-28-19/h4-9,12,15H,3,10-11,13-14H2,1-2H3,(H,24,27). The summed E-state index contributed by atoms with van der Waals surface area (Å²) in [6, 6.07) is 14.2. The van der Waals surface area contributed by atoms with Crippen LogP contribution in [0.4, 0.5) is 5.69 Å². The van der Waals surface area contributed by atoms with Crippen molar-refractivity contribution in [1.29, 1.82) is 0 Å². The molecule has 168 valence electrons. The number of nitrogens with zero attached hydrogens (tertiary/aromatic N) is 2. The molecule has 0 spiro atoms. The van der Waals surface area contributed by atoms with Gasteiger partial charge in [0.15, 0.2) is 20.2 Å². The van der Waals surface area contributed by atoms with Gasteiger partial charge in [0.1, 0.15) is 0 Å². The van der Waals surface area contributed by atoms with E-state index in [1.165, 1.54) is 34.2 Å². The molecule has 9 heteroatoms. The van der Waals surface area contributed by atoms with E-state index in [9.17, 15) is 4.79 Å². The number of benzene rings is 2. The molecule has 1 aromatic heterocycles. The number of hydrogen-bond donors (Lipinski definition) is 1. The number of anilines is 1. The zero-order chi connectivity index (χ0) is 22.3. The molecule has 1 N–H and O–H groups in total. The number of carbonyl (C=O) groups excluding carboxylic acids is 1. The van der Waals surface area contributed by atoms with Gasteiger partial charge in [0.05, 0.1) is 19.0 Å². The Hall–Kier alpha value is -2.23. The highest BCUT2D eigenvalue weighted by Gasteiger charge is 2.13. The fourth-order valence-corrected chi connectivity index (χ4v) is 5.80. The molecule has 1 aliphatic heterocycles. The van der Waals surface area contributed by atoms with Crippen molar-refractivity contribution in [1.82, 2.24) is 10.2 Å². The minimum atomic E-state index is -0.0980. The van der Waals surface area contributed by atoms with Gasteiger partial charge in [-0.05, 0) is 29.2 Å². The lowest BCUT2D eigenvalue weighted by atomic mass is 10.0. The van der Waals surface area contributed by atoms with Gasteiger partial charge >= 0.3 is 0 Å². The Labute approximate surface area is 200 Å². The van der Waals surface area contributed by atoms with Crippen molar-refractivity contribution in [3.8, 4) is 11.5 Å². The SMILES string of the molecule is CC(C)c1ccc(CSc2nnc(SCC(=O)Nc3ccc4c(c3)OCCCO4)s2)cc1. The van der Waals surface area contributed by atoms with Crippen LogP contribution in [0.15, 0.2) is 51.1 Å². The highest BCUT2D eigenvalue weighted by Crippen LogP contribution is 2.33. The van der Waals surface area contributed by atoms with E-state index in [2.05, 4.69) is 53.6 Å². The molecule has 0 radical (unpaired) electrons. The lowest BCUT2D eigenvalue weighted by Gasteiger charge is -2.10. The van der Waals surface area contributed by atoms with Crippen molar-refractivity contribution in [2.45, 2.75) is 40.6 Å². The van der Waals surface area contributed by atoms with Crippen molar-refractivity contribution in [3.63, 3.8) is 0 Å². The second kappa shape index (κ2) is 11.1. The maximum Gasteiger partial charge on any atom is 0.234 e. The molecular formula is C23H25N3O3S3. The van der Waals surface area contributed by atoms with Gasteiger partial charge in [-0.1, -0.05) is 73.0 Å². The van der Waals surface area contributed by atoms with Gasteiger partial charge in [-0.2, -0.15) is 0 Å². The van der Waals surface area contributed by atoms with E-state index in [0.29, 0.717) is 36.3 Å². The van der Waals surface area contributed by atoms with Gasteiger partial charge in [0, 0.05) is 23.9 Å². The van der Waals surface area contributed by atoms with Gasteiger partial charge in [-0.25, -0.2) is 0 Å². The van der Waals surface area contributed by atoms with E-state index < -0.39 is 0 Å². The van der Waals surface area contributed by atoms with Gasteiger partial charge in [0.25, 0.3) is 0 Å². The molecule has 0 saturated carbocycles. The number of aromatic nitrogens is 2. The Morgan fingerprint density at radius 2 is 1.75 bits per heavy atom. The van der Waals surface area contributed by atoms with E-state index in [4.69, 9.17) is 9.47 Å². The first kappa shape index (κ1) is 22.9. The second-order valence-electron chi connectivity index (χ2n) is 7.57. The molecule has 0 unspecified atom stereocenters. The topological polar surface area (TPSA) is 73.3 Å². The van der Waals surface area contributed by atoms with Gasteiger partial charge in [0.2, 0.25) is 5.91 Å². The number of ether oxygens (including phenoxy) is 2. The van der Waals surface area contributed by atoms with Crippen LogP contribution in [0.2, 0.25) is 0 Å². The lowest BCUT2D eigenvalue weighted by molar-refractivity contribution is -0.113. The molecule has 2 heterocycles. The average molecular weight is 488 g/mol. The second-order valence-corrected chi connectivity index (χ2v) is 11.0. The van der Waals surface area contributed by atoms with Gasteiger partial charge in [-0.15, -0.1) is 10.2 Å². The largest absolute Gasteiger partial charge is 0.490 e. The number of rotatable bonds is 8. The molecule has 0 fully saturated rings. The molecule has 6 nitrogen and oxygen atoms in total. The Bertz CT molecular complexity index is 1050. The summed E-state index contributed by atoms with van der Waals surface area (Å²) in [4.78, 5) is 12.4. The summed E-state index contributed by atoms with van der Waals surface area (Å²) in [5.74, 6) is 2.93. The number of amides is 1. The summed E-state index contributed by atoms with van der Waals surface area (Å²) in [5, 5.41) is 11.4. The highest BCUT2D eigenvalue weighted by molar-refractivity contribution is 8.03. The highest BCUT2D eigenvalue weighted by atomic mass is 32.2. The van der Waals surface area contributed by atoms with Crippen molar-refractivity contribution in [3.05, 3.63) is 53.6 Å². The zero-order valence-corrected chi connectivity index (χ0v) is 20.4. The Kier molecular flexibility index (Phi) is 7.94. The third-order valence-electron chi connectivity index (χ3n) is 4.75. The maximum absolute atomic E-state index is 12.4. The van der Waals surface area contributed by atoms with Crippen molar-refractivity contribution in [2.75, 3.05) is 24.3 Å². The number of fused-ring (bicyclic) bond motifs is 1. The first-order valence-electron chi connectivity index (χ1n) is 10.4. The zero-order valence-electron chi connectivity index (χ0n) is 18.0. The molecule has 4 rings (SSSR count). The lowest BCUT2D eigenvalue weighted by Crippen LogP contribution is -2.14. The Morgan fingerprint density at radius 1 is 1.03 bits per heavy atom. The van der Waals surface area contributed by atoms with Crippen LogP contribution in [0.25, 0.3) is 0 Å². The van der Waals surface area contributed by atoms with E-state index in [1.54, 1.807) is 17.8 Å². The third kappa shape index (κ3) is 6.40. The monoisotopic (exact) mass is 487 g/mol. The summed E-state index contributed by atoms with van der Waals surface area (Å²) in [6.45, 7) is 5.65. The smallest absolute Gasteiger partial charge is 0.234 e. The average Bonchev–Trinajstić information content (AvgIpc) is 3.12. The molecule has 1 amide bonds. The normalized spacial score (nSPS) is 13.1. The molecule has 32 heavy (non-hydrogen) atoms. The Morgan fingerprint density at radius 3 is 2.50 bits per heavy atom. The molecule has 0 saturated heterocycles. The Balaban J connectivity index is 1.24. The molecule has 3 aromatic rings. The molecule has 0 atom stereocenters. The van der Waals surface area contributed by atoms with Crippen LogP contribution in [0.3, 0.4) is 0 Å². The molecule has 2 aromatic carbocycles. The van der Waals surface area contributed by atoms with E-state index in [0.717, 1.165) is 20.9 Å². The number of nitrogens with one attached hydrogen (secondary N) is 1. The molecule has 0 aliphatic carbocycles. The summed E-state index contributed by atoms with van der Waals surface area (Å²) in [6.07, 6.45) is 0.847. The van der Waals surface area contributed by atoms with E-state index in [1.807, 2.05) is 12.1 Å². The van der Waals surface area contributed by atoms with Crippen molar-refractivity contribution >= 4 is 46.5 Å². The third-order valence-corrected chi connectivity index (χ3v) is 8.02. The molecule has 0 bridgehead atoms. The van der Waals surface area contributed by atoms with E-state index >= 15 is 0 Å². The molecule has 1 aliphatic rings. The minimum absolute atomic E-state index is 0.0980. The van der Waals surface area contributed by atoms with Gasteiger partial charge < -0.3 is 14.8 Å². The summed E-state index contributed by atoms with van der Waals surface area (Å²) >= 11 is 4.57. The number of hydrogen-bond acceptors (Lipinski definition) is 8. The maximum atomic E-state index is 12.4. The van der Waals surface area contributed by atoms with Crippen molar-refractivity contribution in [2.24, 2.45) is 0 Å². The van der Waals surface area contributed by atoms with Gasteiger partial charge in [-0.3, -0.25) is 4.79 Å². The van der Waals surface area contributed by atoms with Crippen LogP contribution in [0, 0.1) is 0 Å². The molecular weight excluding hydrogens is 462 g/mol. The van der Waals surface area contributed by atoms with E-state index in [-0.39, 0.29) is 11.7 Å². The van der Waals surface area contributed by atoms with Crippen molar-refractivity contribution < 1.29 is 14.3 Å². The number of carbonyl (C=O) groups is 1. The predicted molar refractivity (Wildman–Crippen MR) is 131 cm³/mol. The van der Waals surface area contributed by atoms with Crippen LogP contribution >= 0.6 is 34.9 Å². The summed E-state index contributed by atoms with van der Waals surface area (Å²) in [7, 11) is 0. The quantitative estimate of drug-likeness (QED) is 0.400. The first-order valence-corrected chi connectivity index (χ1v) is 13.2. The minimum Gasteiger partial charge on any atom is -0.490 e. The van der Waals surface area contributed by atoms with Crippen LogP contribution in [0.5, 0.6) is 11.5 Å². The van der Waals surface area contributed by atoms with Crippen LogP contribution < -0.4 is 14.8 Å². The van der Waals surface area contributed by atoms with Crippen LogP contribution in [0.1, 0.15) is 37.3 Å². The predicted octanol–water partition coefficient (Wildman–Crippen LogP) is 5.85. The fraction of sp³-hybridized carbons (Fsp3) is 0.348. The fourth-order valence-electron chi connectivity index (χ4n) is 3.02. The van der Waals surface area contributed by atoms with Crippen LogP contribution in [-0.4, -0.2) is 35.1 Å². The number of thioether (sulfide) groups is 2. The van der Waals surface area contributed by atoms with Crippen LogP contribution in [-0.2, 0) is 10.5 Å². The summed E-state index contributed by atoms with van der Waals surface area (Å²) in [5.41, 5.74) is 3.30. The summed E-state index contributed by atoms with van der Waals surface area (Å²) < 4.78 is 13.0. The first-order chi connectivity index (χ1) is 15.6.